The smallest absolute Gasteiger partial charge is 0.133 e. The Kier molecular flexibility index (Phi) is 6.48. The number of rotatable bonds is 7. The van der Waals surface area contributed by atoms with Crippen molar-refractivity contribution in [3.05, 3.63) is 0 Å². The predicted molar refractivity (Wildman–Crippen MR) is 116 cm³/mol. The standard InChI is InChI=1S/C26H44O3/c1-25-13-11-20(28)17-19(25)16-18(8-6-4-3-5-7-15-27)24-21-9-10-23(29)26(21,2)14-12-22(24)25/h18-19,21-24,27,29H,3-17H2,1-2H3/t18-,19?,21?,22?,23?,24?,25?,26?/m1/s1. The highest BCUT2D eigenvalue weighted by atomic mass is 16.3. The number of carbonyl (C=O) groups excluding carboxylic acids is 1. The van der Waals surface area contributed by atoms with Crippen molar-refractivity contribution < 1.29 is 15.0 Å². The summed E-state index contributed by atoms with van der Waals surface area (Å²) in [5, 5.41) is 19.8. The molecule has 3 nitrogen and oxygen atoms in total. The van der Waals surface area contributed by atoms with Gasteiger partial charge in [-0.3, -0.25) is 4.79 Å². The third kappa shape index (κ3) is 3.84. The predicted octanol–water partition coefficient (Wildman–Crippen LogP) is 5.52. The van der Waals surface area contributed by atoms with Crippen LogP contribution in [0.2, 0.25) is 0 Å². The molecule has 0 amide bonds. The first-order valence-corrected chi connectivity index (χ1v) is 12.7. The number of hydrogen-bond acceptors (Lipinski definition) is 3. The van der Waals surface area contributed by atoms with Gasteiger partial charge in [0.1, 0.15) is 5.78 Å². The molecule has 4 fully saturated rings. The largest absolute Gasteiger partial charge is 0.396 e. The van der Waals surface area contributed by atoms with Gasteiger partial charge >= 0.3 is 0 Å². The third-order valence-corrected chi connectivity index (χ3v) is 10.3. The Bertz CT molecular complexity index is 589. The first kappa shape index (κ1) is 21.8. The van der Waals surface area contributed by atoms with Crippen LogP contribution < -0.4 is 0 Å². The van der Waals surface area contributed by atoms with Crippen molar-refractivity contribution >= 4 is 5.78 Å². The van der Waals surface area contributed by atoms with Gasteiger partial charge in [-0.05, 0) is 85.4 Å². The fraction of sp³-hybridized carbons (Fsp3) is 0.962. The van der Waals surface area contributed by atoms with Crippen molar-refractivity contribution in [2.75, 3.05) is 6.61 Å². The molecule has 0 saturated heterocycles. The molecule has 0 heterocycles. The van der Waals surface area contributed by atoms with Gasteiger partial charge in [0, 0.05) is 19.4 Å². The highest BCUT2D eigenvalue weighted by Crippen LogP contribution is 2.67. The van der Waals surface area contributed by atoms with Gasteiger partial charge in [-0.25, -0.2) is 0 Å². The molecule has 166 valence electrons. The van der Waals surface area contributed by atoms with Crippen LogP contribution in [0.15, 0.2) is 0 Å². The molecule has 0 aromatic carbocycles. The average molecular weight is 405 g/mol. The summed E-state index contributed by atoms with van der Waals surface area (Å²) in [6.07, 6.45) is 15.8. The van der Waals surface area contributed by atoms with Crippen LogP contribution in [0.4, 0.5) is 0 Å². The summed E-state index contributed by atoms with van der Waals surface area (Å²) in [4.78, 5) is 12.3. The lowest BCUT2D eigenvalue weighted by atomic mass is 9.42. The molecule has 7 unspecified atom stereocenters. The van der Waals surface area contributed by atoms with E-state index in [9.17, 15) is 9.90 Å². The van der Waals surface area contributed by atoms with Crippen LogP contribution in [0.1, 0.15) is 104 Å². The van der Waals surface area contributed by atoms with E-state index in [2.05, 4.69) is 13.8 Å². The molecule has 0 radical (unpaired) electrons. The van der Waals surface area contributed by atoms with Crippen LogP contribution in [0.3, 0.4) is 0 Å². The minimum atomic E-state index is -0.106. The van der Waals surface area contributed by atoms with E-state index in [1.54, 1.807) is 0 Å². The van der Waals surface area contributed by atoms with Gasteiger partial charge < -0.3 is 10.2 Å². The summed E-state index contributed by atoms with van der Waals surface area (Å²) >= 11 is 0. The number of carbonyl (C=O) groups is 1. The summed E-state index contributed by atoms with van der Waals surface area (Å²) in [6.45, 7) is 5.24. The molecule has 4 saturated carbocycles. The summed E-state index contributed by atoms with van der Waals surface area (Å²) < 4.78 is 0. The number of aliphatic hydroxyl groups is 2. The van der Waals surface area contributed by atoms with E-state index in [1.165, 1.54) is 51.4 Å². The molecule has 4 aliphatic rings. The van der Waals surface area contributed by atoms with Crippen molar-refractivity contribution in [1.82, 2.24) is 0 Å². The van der Waals surface area contributed by atoms with Gasteiger partial charge in [0.15, 0.2) is 0 Å². The van der Waals surface area contributed by atoms with E-state index >= 15 is 0 Å². The molecule has 0 bridgehead atoms. The maximum atomic E-state index is 12.3. The second-order valence-corrected chi connectivity index (χ2v) is 11.6. The maximum Gasteiger partial charge on any atom is 0.133 e. The van der Waals surface area contributed by atoms with Crippen LogP contribution in [0.25, 0.3) is 0 Å². The number of aliphatic hydroxyl groups excluding tert-OH is 2. The normalized spacial score (nSPS) is 46.8. The summed E-state index contributed by atoms with van der Waals surface area (Å²) in [5.74, 6) is 4.06. The molecule has 0 aliphatic heterocycles. The zero-order chi connectivity index (χ0) is 20.6. The third-order valence-electron chi connectivity index (χ3n) is 10.3. The first-order valence-electron chi connectivity index (χ1n) is 12.7. The van der Waals surface area contributed by atoms with Gasteiger partial charge in [0.25, 0.3) is 0 Å². The molecule has 4 aliphatic carbocycles. The van der Waals surface area contributed by atoms with E-state index in [1.807, 2.05) is 0 Å². The highest BCUT2D eigenvalue weighted by molar-refractivity contribution is 5.79. The summed E-state index contributed by atoms with van der Waals surface area (Å²) in [6, 6.07) is 0. The Balaban J connectivity index is 1.52. The van der Waals surface area contributed by atoms with Gasteiger partial charge in [0.2, 0.25) is 0 Å². The number of Topliss-reactive ketones (excluding diaryl/α,β-unsaturated/α-hetero) is 1. The summed E-state index contributed by atoms with van der Waals surface area (Å²) in [5.41, 5.74) is 0.485. The van der Waals surface area contributed by atoms with E-state index < -0.39 is 0 Å². The maximum absolute atomic E-state index is 12.3. The summed E-state index contributed by atoms with van der Waals surface area (Å²) in [7, 11) is 0. The zero-order valence-corrected chi connectivity index (χ0v) is 18.9. The monoisotopic (exact) mass is 404 g/mol. The number of hydrogen-bond donors (Lipinski definition) is 2. The highest BCUT2D eigenvalue weighted by Gasteiger charge is 2.62. The number of ketones is 1. The van der Waals surface area contributed by atoms with Crippen molar-refractivity contribution in [3.8, 4) is 0 Å². The quantitative estimate of drug-likeness (QED) is 0.549. The Hall–Kier alpha value is -0.410. The molecule has 3 heteroatoms. The molecule has 0 spiro atoms. The molecular formula is C26H44O3. The SMILES string of the molecule is CC12CCC3C(C1CCC2O)[C@H](CCCCCCCO)CC1CC(=O)CCC13C. The van der Waals surface area contributed by atoms with Crippen molar-refractivity contribution in [1.29, 1.82) is 0 Å². The van der Waals surface area contributed by atoms with Crippen molar-refractivity contribution in [2.45, 2.75) is 110 Å². The van der Waals surface area contributed by atoms with E-state index in [-0.39, 0.29) is 11.5 Å². The minimum Gasteiger partial charge on any atom is -0.396 e. The van der Waals surface area contributed by atoms with Gasteiger partial charge in [-0.2, -0.15) is 0 Å². The first-order chi connectivity index (χ1) is 13.9. The topological polar surface area (TPSA) is 57.5 Å². The van der Waals surface area contributed by atoms with Crippen molar-refractivity contribution in [2.24, 2.45) is 40.4 Å². The van der Waals surface area contributed by atoms with Crippen LogP contribution in [-0.4, -0.2) is 28.7 Å². The molecule has 0 aromatic heterocycles. The second-order valence-electron chi connectivity index (χ2n) is 11.6. The van der Waals surface area contributed by atoms with Gasteiger partial charge in [-0.1, -0.05) is 46.0 Å². The Labute approximate surface area is 178 Å². The second kappa shape index (κ2) is 8.61. The van der Waals surface area contributed by atoms with Gasteiger partial charge in [0.05, 0.1) is 6.10 Å². The van der Waals surface area contributed by atoms with Crippen molar-refractivity contribution in [3.63, 3.8) is 0 Å². The average Bonchev–Trinajstić information content (AvgIpc) is 3.00. The molecule has 0 aromatic rings. The fourth-order valence-corrected chi connectivity index (χ4v) is 8.54. The van der Waals surface area contributed by atoms with Crippen LogP contribution in [0, 0.1) is 40.4 Å². The zero-order valence-electron chi connectivity index (χ0n) is 18.9. The Morgan fingerprint density at radius 3 is 2.45 bits per heavy atom. The van der Waals surface area contributed by atoms with Crippen LogP contribution in [0.5, 0.6) is 0 Å². The van der Waals surface area contributed by atoms with Crippen LogP contribution >= 0.6 is 0 Å². The lowest BCUT2D eigenvalue weighted by Crippen LogP contribution is -2.57. The lowest BCUT2D eigenvalue weighted by molar-refractivity contribution is -0.156. The van der Waals surface area contributed by atoms with E-state index in [0.29, 0.717) is 29.6 Å². The molecule has 29 heavy (non-hydrogen) atoms. The molecule has 8 atom stereocenters. The fourth-order valence-electron chi connectivity index (χ4n) is 8.54. The molecule has 2 N–H and O–H groups in total. The Morgan fingerprint density at radius 1 is 0.931 bits per heavy atom. The van der Waals surface area contributed by atoms with E-state index in [0.717, 1.165) is 56.3 Å². The van der Waals surface area contributed by atoms with E-state index in [4.69, 9.17) is 5.11 Å². The van der Waals surface area contributed by atoms with Crippen LogP contribution in [-0.2, 0) is 4.79 Å². The van der Waals surface area contributed by atoms with Gasteiger partial charge in [-0.15, -0.1) is 0 Å². The molecular weight excluding hydrogens is 360 g/mol. The Morgan fingerprint density at radius 2 is 1.66 bits per heavy atom. The number of fused-ring (bicyclic) bond motifs is 5. The minimum absolute atomic E-state index is 0.106. The number of unbranched alkanes of at least 4 members (excludes halogenated alkanes) is 4. The molecule has 4 rings (SSSR count). The lowest BCUT2D eigenvalue weighted by Gasteiger charge is -2.62.